The van der Waals surface area contributed by atoms with Crippen LogP contribution in [0.2, 0.25) is 0 Å². The van der Waals surface area contributed by atoms with Crippen molar-refractivity contribution in [3.05, 3.63) is 30.0 Å². The molecule has 4 nitrogen and oxygen atoms in total. The molecule has 2 rings (SSSR count). The van der Waals surface area contributed by atoms with Gasteiger partial charge in [0.05, 0.1) is 12.6 Å². The van der Waals surface area contributed by atoms with E-state index < -0.39 is 0 Å². The SMILES string of the molecule is CCN(CC)CCNc1cc(C)nc2cc(OC)ccc12. The predicted molar refractivity (Wildman–Crippen MR) is 89.3 cm³/mol. The van der Waals surface area contributed by atoms with Crippen molar-refractivity contribution in [1.82, 2.24) is 9.88 Å². The number of nitrogens with zero attached hydrogens (tertiary/aromatic N) is 2. The molecule has 1 N–H and O–H groups in total. The van der Waals surface area contributed by atoms with Crippen molar-refractivity contribution < 1.29 is 4.74 Å². The van der Waals surface area contributed by atoms with Crippen LogP contribution in [-0.4, -0.2) is 43.2 Å². The zero-order valence-corrected chi connectivity index (χ0v) is 13.4. The van der Waals surface area contributed by atoms with E-state index in [4.69, 9.17) is 4.74 Å². The Labute approximate surface area is 127 Å². The number of pyridine rings is 1. The van der Waals surface area contributed by atoms with Crippen molar-refractivity contribution in [2.24, 2.45) is 0 Å². The molecule has 0 atom stereocenters. The molecule has 2 aromatic rings. The summed E-state index contributed by atoms with van der Waals surface area (Å²) in [4.78, 5) is 7.00. The van der Waals surface area contributed by atoms with Crippen molar-refractivity contribution in [2.45, 2.75) is 20.8 Å². The van der Waals surface area contributed by atoms with E-state index >= 15 is 0 Å². The summed E-state index contributed by atoms with van der Waals surface area (Å²) in [6.45, 7) is 10.6. The smallest absolute Gasteiger partial charge is 0.121 e. The van der Waals surface area contributed by atoms with Crippen LogP contribution in [-0.2, 0) is 0 Å². The summed E-state index contributed by atoms with van der Waals surface area (Å²) >= 11 is 0. The van der Waals surface area contributed by atoms with Crippen molar-refractivity contribution in [3.63, 3.8) is 0 Å². The molecule has 0 spiro atoms. The first-order valence-electron chi connectivity index (χ1n) is 7.59. The van der Waals surface area contributed by atoms with Gasteiger partial charge in [-0.3, -0.25) is 4.98 Å². The standard InChI is InChI=1S/C17H25N3O/c1-5-20(6-2)10-9-18-16-11-13(3)19-17-12-14(21-4)7-8-15(16)17/h7-8,11-12H,5-6,9-10H2,1-4H3,(H,18,19). The molecule has 0 amide bonds. The maximum Gasteiger partial charge on any atom is 0.121 e. The van der Waals surface area contributed by atoms with Gasteiger partial charge in [0.25, 0.3) is 0 Å². The molecular weight excluding hydrogens is 262 g/mol. The van der Waals surface area contributed by atoms with Gasteiger partial charge >= 0.3 is 0 Å². The normalized spacial score (nSPS) is 11.1. The van der Waals surface area contributed by atoms with Gasteiger partial charge in [0, 0.05) is 35.9 Å². The van der Waals surface area contributed by atoms with E-state index in [1.54, 1.807) is 7.11 Å². The van der Waals surface area contributed by atoms with Crippen LogP contribution >= 0.6 is 0 Å². The third-order valence-electron chi connectivity index (χ3n) is 3.78. The Morgan fingerprint density at radius 1 is 1.19 bits per heavy atom. The fourth-order valence-electron chi connectivity index (χ4n) is 2.50. The lowest BCUT2D eigenvalue weighted by Crippen LogP contribution is -2.28. The second-order valence-corrected chi connectivity index (χ2v) is 5.15. The van der Waals surface area contributed by atoms with E-state index in [0.717, 1.165) is 54.2 Å². The molecule has 0 aliphatic carbocycles. The number of nitrogens with one attached hydrogen (secondary N) is 1. The molecule has 21 heavy (non-hydrogen) atoms. The van der Waals surface area contributed by atoms with Crippen LogP contribution in [0.25, 0.3) is 10.9 Å². The summed E-state index contributed by atoms with van der Waals surface area (Å²) in [6, 6.07) is 8.14. The van der Waals surface area contributed by atoms with E-state index in [-0.39, 0.29) is 0 Å². The molecule has 0 bridgehead atoms. The molecule has 4 heteroatoms. The molecule has 114 valence electrons. The van der Waals surface area contributed by atoms with Gasteiger partial charge in [0.15, 0.2) is 0 Å². The Morgan fingerprint density at radius 3 is 2.62 bits per heavy atom. The predicted octanol–water partition coefficient (Wildman–Crippen LogP) is 3.31. The van der Waals surface area contributed by atoms with Crippen molar-refractivity contribution in [3.8, 4) is 5.75 Å². The number of methoxy groups -OCH3 is 1. The van der Waals surface area contributed by atoms with Gasteiger partial charge < -0.3 is 15.0 Å². The second-order valence-electron chi connectivity index (χ2n) is 5.15. The van der Waals surface area contributed by atoms with Gasteiger partial charge in [0.2, 0.25) is 0 Å². The van der Waals surface area contributed by atoms with Gasteiger partial charge in [0.1, 0.15) is 5.75 Å². The molecular formula is C17H25N3O. The second kappa shape index (κ2) is 7.27. The number of rotatable bonds is 7. The van der Waals surface area contributed by atoms with E-state index in [1.165, 1.54) is 0 Å². The zero-order valence-electron chi connectivity index (χ0n) is 13.4. The highest BCUT2D eigenvalue weighted by atomic mass is 16.5. The number of ether oxygens (including phenoxy) is 1. The van der Waals surface area contributed by atoms with Crippen LogP contribution in [0.4, 0.5) is 5.69 Å². The van der Waals surface area contributed by atoms with Crippen LogP contribution < -0.4 is 10.1 Å². The third-order valence-corrected chi connectivity index (χ3v) is 3.78. The van der Waals surface area contributed by atoms with Gasteiger partial charge in [-0.2, -0.15) is 0 Å². The quantitative estimate of drug-likeness (QED) is 0.848. The molecule has 1 aromatic heterocycles. The highest BCUT2D eigenvalue weighted by Crippen LogP contribution is 2.26. The lowest BCUT2D eigenvalue weighted by Gasteiger charge is -2.19. The summed E-state index contributed by atoms with van der Waals surface area (Å²) in [5.74, 6) is 0.842. The number of hydrogen-bond donors (Lipinski definition) is 1. The number of fused-ring (bicyclic) bond motifs is 1. The minimum atomic E-state index is 0.842. The first-order chi connectivity index (χ1) is 10.2. The average molecular weight is 287 g/mol. The first kappa shape index (κ1) is 15.6. The molecule has 0 radical (unpaired) electrons. The fraction of sp³-hybridized carbons (Fsp3) is 0.471. The first-order valence-corrected chi connectivity index (χ1v) is 7.59. The maximum atomic E-state index is 5.28. The lowest BCUT2D eigenvalue weighted by atomic mass is 10.1. The number of benzene rings is 1. The van der Waals surface area contributed by atoms with E-state index in [0.29, 0.717) is 0 Å². The van der Waals surface area contributed by atoms with Crippen molar-refractivity contribution in [1.29, 1.82) is 0 Å². The number of anilines is 1. The van der Waals surface area contributed by atoms with Gasteiger partial charge in [-0.1, -0.05) is 13.8 Å². The van der Waals surface area contributed by atoms with Crippen molar-refractivity contribution in [2.75, 3.05) is 38.6 Å². The van der Waals surface area contributed by atoms with Gasteiger partial charge in [-0.15, -0.1) is 0 Å². The summed E-state index contributed by atoms with van der Waals surface area (Å²) in [6.07, 6.45) is 0. The Hall–Kier alpha value is -1.81. The molecule has 1 aromatic carbocycles. The van der Waals surface area contributed by atoms with Crippen LogP contribution in [0.1, 0.15) is 19.5 Å². The van der Waals surface area contributed by atoms with Crippen LogP contribution in [0.5, 0.6) is 5.75 Å². The Morgan fingerprint density at radius 2 is 1.95 bits per heavy atom. The number of aromatic nitrogens is 1. The maximum absolute atomic E-state index is 5.28. The monoisotopic (exact) mass is 287 g/mol. The van der Waals surface area contributed by atoms with Crippen LogP contribution in [0.15, 0.2) is 24.3 Å². The molecule has 1 heterocycles. The molecule has 0 aliphatic rings. The average Bonchev–Trinajstić information content (AvgIpc) is 2.50. The molecule has 0 saturated carbocycles. The molecule has 0 aliphatic heterocycles. The lowest BCUT2D eigenvalue weighted by molar-refractivity contribution is 0.316. The molecule has 0 unspecified atom stereocenters. The zero-order chi connectivity index (χ0) is 15.2. The Kier molecular flexibility index (Phi) is 5.39. The molecule has 0 saturated heterocycles. The summed E-state index contributed by atoms with van der Waals surface area (Å²) < 4.78 is 5.28. The number of hydrogen-bond acceptors (Lipinski definition) is 4. The highest BCUT2D eigenvalue weighted by Gasteiger charge is 2.06. The largest absolute Gasteiger partial charge is 0.497 e. The Balaban J connectivity index is 2.19. The Bertz CT molecular complexity index is 594. The topological polar surface area (TPSA) is 37.4 Å². The number of likely N-dealkylation sites (N-methyl/N-ethyl adjacent to an activating group) is 1. The van der Waals surface area contributed by atoms with Crippen LogP contribution in [0.3, 0.4) is 0 Å². The van der Waals surface area contributed by atoms with Crippen LogP contribution in [0, 0.1) is 6.92 Å². The number of aryl methyl sites for hydroxylation is 1. The summed E-state index contributed by atoms with van der Waals surface area (Å²) in [5.41, 5.74) is 3.13. The van der Waals surface area contributed by atoms with E-state index in [2.05, 4.69) is 41.2 Å². The van der Waals surface area contributed by atoms with E-state index in [9.17, 15) is 0 Å². The van der Waals surface area contributed by atoms with Gasteiger partial charge in [-0.05, 0) is 38.2 Å². The molecule has 0 fully saturated rings. The minimum Gasteiger partial charge on any atom is -0.497 e. The summed E-state index contributed by atoms with van der Waals surface area (Å²) in [5, 5.41) is 4.68. The van der Waals surface area contributed by atoms with E-state index in [1.807, 2.05) is 19.1 Å². The fourth-order valence-corrected chi connectivity index (χ4v) is 2.50. The highest BCUT2D eigenvalue weighted by molar-refractivity contribution is 5.92. The third kappa shape index (κ3) is 3.85. The van der Waals surface area contributed by atoms with Crippen molar-refractivity contribution >= 4 is 16.6 Å². The van der Waals surface area contributed by atoms with Gasteiger partial charge in [-0.25, -0.2) is 0 Å². The summed E-state index contributed by atoms with van der Waals surface area (Å²) in [7, 11) is 1.68. The minimum absolute atomic E-state index is 0.842.